The second kappa shape index (κ2) is 10.9. The van der Waals surface area contributed by atoms with Crippen molar-refractivity contribution in [2.45, 2.75) is 63.8 Å². The van der Waals surface area contributed by atoms with E-state index in [1.807, 2.05) is 24.3 Å². The Morgan fingerprint density at radius 1 is 0.971 bits per heavy atom. The minimum Gasteiger partial charge on any atom is -0.481 e. The maximum absolute atomic E-state index is 12.5. The maximum atomic E-state index is 12.5. The van der Waals surface area contributed by atoms with Gasteiger partial charge >= 0.3 is 12.1 Å². The lowest BCUT2D eigenvalue weighted by Gasteiger charge is -2.28. The molecule has 2 aliphatic rings. The largest absolute Gasteiger partial charge is 0.481 e. The van der Waals surface area contributed by atoms with Crippen LogP contribution >= 0.6 is 0 Å². The molecular weight excluding hydrogens is 444 g/mol. The van der Waals surface area contributed by atoms with Crippen molar-refractivity contribution in [1.82, 2.24) is 10.6 Å². The quantitative estimate of drug-likeness (QED) is 0.471. The molecule has 2 aliphatic carbocycles. The van der Waals surface area contributed by atoms with Crippen LogP contribution in [0.3, 0.4) is 0 Å². The van der Waals surface area contributed by atoms with Gasteiger partial charge in [0.15, 0.2) is 0 Å². The van der Waals surface area contributed by atoms with Crippen LogP contribution in [0.15, 0.2) is 48.5 Å². The van der Waals surface area contributed by atoms with Gasteiger partial charge in [-0.05, 0) is 42.0 Å². The molecule has 0 bridgehead atoms. The molecule has 0 aliphatic heterocycles. The molecule has 0 heterocycles. The summed E-state index contributed by atoms with van der Waals surface area (Å²) >= 11 is 0. The summed E-state index contributed by atoms with van der Waals surface area (Å²) in [5.41, 5.74) is 3.71. The molecule has 1 unspecified atom stereocenters. The topological polar surface area (TPSA) is 105 Å². The van der Waals surface area contributed by atoms with Crippen molar-refractivity contribution in [1.29, 1.82) is 0 Å². The minimum atomic E-state index is -0.893. The molecule has 4 rings (SSSR count). The number of fused-ring (bicyclic) bond motifs is 3. The first-order valence-electron chi connectivity index (χ1n) is 12.5. The number of benzene rings is 2. The second-order valence-corrected chi connectivity index (χ2v) is 9.85. The van der Waals surface area contributed by atoms with E-state index in [0.29, 0.717) is 12.8 Å². The molecule has 3 N–H and O–H groups in total. The molecule has 7 heteroatoms. The number of ether oxygens (including phenoxy) is 1. The van der Waals surface area contributed by atoms with Gasteiger partial charge in [0, 0.05) is 24.9 Å². The van der Waals surface area contributed by atoms with E-state index in [4.69, 9.17) is 4.74 Å². The molecule has 0 aromatic heterocycles. The molecule has 0 saturated heterocycles. The van der Waals surface area contributed by atoms with Crippen molar-refractivity contribution in [3.05, 3.63) is 59.7 Å². The van der Waals surface area contributed by atoms with Crippen molar-refractivity contribution in [3.8, 4) is 11.1 Å². The number of alkyl carbamates (subject to hydrolysis) is 1. The highest BCUT2D eigenvalue weighted by Crippen LogP contribution is 2.44. The zero-order chi connectivity index (χ0) is 24.8. The van der Waals surface area contributed by atoms with Gasteiger partial charge in [0.25, 0.3) is 0 Å². The number of carbonyl (C=O) groups is 3. The van der Waals surface area contributed by atoms with Crippen LogP contribution < -0.4 is 10.6 Å². The number of carbonyl (C=O) groups excluding carboxylic acids is 2. The van der Waals surface area contributed by atoms with Crippen molar-refractivity contribution >= 4 is 18.0 Å². The minimum absolute atomic E-state index is 0.0291. The Labute approximate surface area is 206 Å². The smallest absolute Gasteiger partial charge is 0.407 e. The lowest BCUT2D eigenvalue weighted by atomic mass is 9.80. The molecule has 0 radical (unpaired) electrons. The molecule has 1 saturated carbocycles. The van der Waals surface area contributed by atoms with E-state index in [1.54, 1.807) is 6.92 Å². The van der Waals surface area contributed by atoms with Crippen LogP contribution in [0.1, 0.15) is 68.9 Å². The number of aliphatic carboxylic acids is 1. The molecule has 7 nitrogen and oxygen atoms in total. The SMILES string of the molecule is CC(CC(=O)NCC1(C(=O)O)CCCCCC1)NC(=O)OCC1c2ccccc2-c2ccccc21. The molecular formula is C28H34N2O5. The fraction of sp³-hybridized carbons (Fsp3) is 0.464. The summed E-state index contributed by atoms with van der Waals surface area (Å²) in [5.74, 6) is -1.15. The molecule has 2 amide bonds. The highest BCUT2D eigenvalue weighted by atomic mass is 16.5. The normalized spacial score (nSPS) is 17.4. The summed E-state index contributed by atoms with van der Waals surface area (Å²) < 4.78 is 5.55. The average molecular weight is 479 g/mol. The van der Waals surface area contributed by atoms with Crippen molar-refractivity contribution < 1.29 is 24.2 Å². The highest BCUT2D eigenvalue weighted by molar-refractivity contribution is 5.80. The first-order chi connectivity index (χ1) is 16.9. The first kappa shape index (κ1) is 24.8. The average Bonchev–Trinajstić information content (AvgIpc) is 2.97. The predicted octanol–water partition coefficient (Wildman–Crippen LogP) is 4.85. The molecule has 1 atom stereocenters. The van der Waals surface area contributed by atoms with Crippen LogP contribution in [0.5, 0.6) is 0 Å². The van der Waals surface area contributed by atoms with E-state index >= 15 is 0 Å². The Hall–Kier alpha value is -3.35. The molecule has 2 aromatic rings. The Balaban J connectivity index is 1.26. The van der Waals surface area contributed by atoms with Gasteiger partial charge in [-0.15, -0.1) is 0 Å². The van der Waals surface area contributed by atoms with Gasteiger partial charge in [0.1, 0.15) is 6.61 Å². The van der Waals surface area contributed by atoms with Gasteiger partial charge in [-0.25, -0.2) is 4.79 Å². The van der Waals surface area contributed by atoms with E-state index in [2.05, 4.69) is 34.9 Å². The lowest BCUT2D eigenvalue weighted by molar-refractivity contribution is -0.149. The molecule has 2 aromatic carbocycles. The molecule has 35 heavy (non-hydrogen) atoms. The van der Waals surface area contributed by atoms with Gasteiger partial charge in [-0.2, -0.15) is 0 Å². The second-order valence-electron chi connectivity index (χ2n) is 9.85. The van der Waals surface area contributed by atoms with Crippen molar-refractivity contribution in [2.75, 3.05) is 13.2 Å². The Morgan fingerprint density at radius 3 is 2.11 bits per heavy atom. The summed E-state index contributed by atoms with van der Waals surface area (Å²) in [7, 11) is 0. The number of hydrogen-bond donors (Lipinski definition) is 3. The lowest BCUT2D eigenvalue weighted by Crippen LogP contribution is -2.44. The van der Waals surface area contributed by atoms with Gasteiger partial charge in [-0.3, -0.25) is 9.59 Å². The van der Waals surface area contributed by atoms with Crippen LogP contribution in [0.25, 0.3) is 11.1 Å². The summed E-state index contributed by atoms with van der Waals surface area (Å²) in [6.07, 6.45) is 4.43. The van der Waals surface area contributed by atoms with E-state index < -0.39 is 23.5 Å². The monoisotopic (exact) mass is 478 g/mol. The summed E-state index contributed by atoms with van der Waals surface area (Å²) in [6.45, 7) is 2.07. The summed E-state index contributed by atoms with van der Waals surface area (Å²) in [5, 5.41) is 15.3. The van der Waals surface area contributed by atoms with Crippen LogP contribution in [0.2, 0.25) is 0 Å². The number of hydrogen-bond acceptors (Lipinski definition) is 4. The molecule has 1 fully saturated rings. The van der Waals surface area contributed by atoms with E-state index in [-0.39, 0.29) is 31.4 Å². The van der Waals surface area contributed by atoms with Crippen LogP contribution in [0.4, 0.5) is 4.79 Å². The molecule has 186 valence electrons. The third-order valence-electron chi connectivity index (χ3n) is 7.34. The summed E-state index contributed by atoms with van der Waals surface area (Å²) in [6, 6.07) is 15.8. The first-order valence-corrected chi connectivity index (χ1v) is 12.5. The number of rotatable bonds is 8. The van der Waals surface area contributed by atoms with Crippen molar-refractivity contribution in [3.63, 3.8) is 0 Å². The van der Waals surface area contributed by atoms with E-state index in [1.165, 1.54) is 0 Å². The van der Waals surface area contributed by atoms with Crippen LogP contribution in [0, 0.1) is 5.41 Å². The number of amides is 2. The van der Waals surface area contributed by atoms with Gasteiger partial charge in [-0.1, -0.05) is 74.2 Å². The van der Waals surface area contributed by atoms with Gasteiger partial charge in [0.05, 0.1) is 5.41 Å². The predicted molar refractivity (Wildman–Crippen MR) is 133 cm³/mol. The zero-order valence-corrected chi connectivity index (χ0v) is 20.2. The number of nitrogens with one attached hydrogen (secondary N) is 2. The fourth-order valence-electron chi connectivity index (χ4n) is 5.38. The maximum Gasteiger partial charge on any atom is 0.407 e. The van der Waals surface area contributed by atoms with Gasteiger partial charge in [0.2, 0.25) is 5.91 Å². The van der Waals surface area contributed by atoms with E-state index in [0.717, 1.165) is 47.9 Å². The van der Waals surface area contributed by atoms with Gasteiger partial charge < -0.3 is 20.5 Å². The standard InChI is InChI=1S/C28H34N2O5/c1-19(16-25(31)29-18-28(26(32)33)14-8-2-3-9-15-28)30-27(34)35-17-24-22-12-6-4-10-20(22)21-11-5-7-13-23(21)24/h4-7,10-13,19,24H,2-3,8-9,14-18H2,1H3,(H,29,31)(H,30,34)(H,32,33). The zero-order valence-electron chi connectivity index (χ0n) is 20.2. The highest BCUT2D eigenvalue weighted by Gasteiger charge is 2.39. The third kappa shape index (κ3) is 5.66. The van der Waals surface area contributed by atoms with E-state index in [9.17, 15) is 19.5 Å². The molecule has 0 spiro atoms. The number of carboxylic acid groups (broad SMARTS) is 1. The van der Waals surface area contributed by atoms with Crippen molar-refractivity contribution in [2.24, 2.45) is 5.41 Å². The van der Waals surface area contributed by atoms with Crippen LogP contribution in [-0.4, -0.2) is 42.3 Å². The Bertz CT molecular complexity index is 1030. The fourth-order valence-corrected chi connectivity index (χ4v) is 5.38. The summed E-state index contributed by atoms with van der Waals surface area (Å²) in [4.78, 5) is 36.8. The number of carboxylic acids is 1. The van der Waals surface area contributed by atoms with Crippen LogP contribution in [-0.2, 0) is 14.3 Å². The Morgan fingerprint density at radius 2 is 1.54 bits per heavy atom. The third-order valence-corrected chi connectivity index (χ3v) is 7.34. The Kier molecular flexibility index (Phi) is 7.73.